The molecule has 70 valence electrons. The monoisotopic (exact) mass is 168 g/mol. The van der Waals surface area contributed by atoms with Crippen LogP contribution in [0.1, 0.15) is 34.1 Å². The summed E-state index contributed by atoms with van der Waals surface area (Å²) >= 11 is 0. The Morgan fingerprint density at radius 1 is 1.33 bits per heavy atom. The molecular weight excluding hydrogens is 148 g/mol. The lowest BCUT2D eigenvalue weighted by molar-refractivity contribution is -0.0295. The second-order valence-corrected chi connectivity index (χ2v) is 4.30. The van der Waals surface area contributed by atoms with E-state index in [9.17, 15) is 0 Å². The van der Waals surface area contributed by atoms with Crippen LogP contribution in [0.5, 0.6) is 0 Å². The summed E-state index contributed by atoms with van der Waals surface area (Å²) in [6, 6.07) is 0. The molecule has 0 aromatic heterocycles. The van der Waals surface area contributed by atoms with Gasteiger partial charge in [0, 0.05) is 24.8 Å². The maximum atomic E-state index is 2.40. The number of hydrogen-bond donors (Lipinski definition) is 0. The van der Waals surface area contributed by atoms with Crippen molar-refractivity contribution in [2.45, 2.75) is 39.7 Å². The first kappa shape index (κ1) is 9.59. The summed E-state index contributed by atoms with van der Waals surface area (Å²) in [4.78, 5) is 0. The zero-order valence-corrected chi connectivity index (χ0v) is 8.67. The average Bonchev–Trinajstić information content (AvgIpc) is 2.34. The first-order valence-corrected chi connectivity index (χ1v) is 4.76. The van der Waals surface area contributed by atoms with Gasteiger partial charge in [0.25, 0.3) is 0 Å². The lowest BCUT2D eigenvalue weighted by atomic mass is 10.1. The molecule has 0 unspecified atom stereocenters. The molecule has 2 heteroatoms. The van der Waals surface area contributed by atoms with Gasteiger partial charge in [-0.2, -0.15) is 0 Å². The van der Waals surface area contributed by atoms with Crippen molar-refractivity contribution in [3.8, 4) is 0 Å². The van der Waals surface area contributed by atoms with Gasteiger partial charge < -0.3 is 5.01 Å². The molecule has 1 rings (SSSR count). The highest BCUT2D eigenvalue weighted by molar-refractivity contribution is 4.95. The second kappa shape index (κ2) is 3.48. The molecule has 0 saturated carbocycles. The second-order valence-electron chi connectivity index (χ2n) is 4.30. The topological polar surface area (TPSA) is 6.48 Å². The van der Waals surface area contributed by atoms with Gasteiger partial charge in [-0.15, -0.1) is 0 Å². The van der Waals surface area contributed by atoms with Gasteiger partial charge in [0.2, 0.25) is 0 Å². The van der Waals surface area contributed by atoms with Crippen LogP contribution in [0, 0.1) is 0 Å². The van der Waals surface area contributed by atoms with Crippen molar-refractivity contribution in [1.29, 1.82) is 0 Å². The Kier molecular flexibility index (Phi) is 2.78. The number of hydrogen-bond acceptors (Lipinski definition) is 2. The van der Waals surface area contributed by atoms with E-state index in [4.69, 9.17) is 0 Å². The Bertz CT molecular complexity index is 167. The first-order valence-electron chi connectivity index (χ1n) is 4.76. The van der Waals surface area contributed by atoms with Crippen LogP contribution in [-0.2, 0) is 0 Å². The predicted octanol–water partition coefficient (Wildman–Crippen LogP) is 2.24. The Labute approximate surface area is 75.8 Å². The zero-order valence-electron chi connectivity index (χ0n) is 8.67. The maximum absolute atomic E-state index is 2.40. The SMILES string of the molecule is CCCN1C=CCN1C(C)(C)C. The van der Waals surface area contributed by atoms with Crippen LogP contribution >= 0.6 is 0 Å². The van der Waals surface area contributed by atoms with Gasteiger partial charge in [0.05, 0.1) is 0 Å². The Balaban J connectivity index is 2.56. The van der Waals surface area contributed by atoms with E-state index < -0.39 is 0 Å². The Hall–Kier alpha value is -0.500. The Morgan fingerprint density at radius 3 is 2.50 bits per heavy atom. The third-order valence-corrected chi connectivity index (χ3v) is 2.09. The van der Waals surface area contributed by atoms with Crippen molar-refractivity contribution in [3.05, 3.63) is 12.3 Å². The average molecular weight is 168 g/mol. The molecule has 12 heavy (non-hydrogen) atoms. The summed E-state index contributed by atoms with van der Waals surface area (Å²) in [6.45, 7) is 11.2. The molecule has 1 aliphatic rings. The standard InChI is InChI=1S/C10H20N2/c1-5-7-11-8-6-9-12(11)10(2,3)4/h6,8H,5,7,9H2,1-4H3. The van der Waals surface area contributed by atoms with E-state index in [1.165, 1.54) is 6.42 Å². The van der Waals surface area contributed by atoms with Crippen LogP contribution in [0.4, 0.5) is 0 Å². The third kappa shape index (κ3) is 2.01. The molecule has 1 heterocycles. The minimum atomic E-state index is 0.249. The van der Waals surface area contributed by atoms with E-state index in [2.05, 4.69) is 50.0 Å². The maximum Gasteiger partial charge on any atom is 0.0385 e. The van der Waals surface area contributed by atoms with Crippen molar-refractivity contribution in [3.63, 3.8) is 0 Å². The number of nitrogens with zero attached hydrogens (tertiary/aromatic N) is 2. The fourth-order valence-corrected chi connectivity index (χ4v) is 1.54. The van der Waals surface area contributed by atoms with Gasteiger partial charge in [-0.1, -0.05) is 13.0 Å². The van der Waals surface area contributed by atoms with Gasteiger partial charge in [-0.25, -0.2) is 5.01 Å². The van der Waals surface area contributed by atoms with Gasteiger partial charge in [-0.3, -0.25) is 0 Å². The van der Waals surface area contributed by atoms with Crippen LogP contribution in [0.2, 0.25) is 0 Å². The highest BCUT2D eigenvalue weighted by Crippen LogP contribution is 2.20. The number of rotatable bonds is 2. The molecule has 0 saturated heterocycles. The fourth-order valence-electron chi connectivity index (χ4n) is 1.54. The minimum Gasteiger partial charge on any atom is -0.313 e. The highest BCUT2D eigenvalue weighted by Gasteiger charge is 2.26. The van der Waals surface area contributed by atoms with Gasteiger partial charge >= 0.3 is 0 Å². The van der Waals surface area contributed by atoms with Crippen LogP contribution in [0.15, 0.2) is 12.3 Å². The highest BCUT2D eigenvalue weighted by atomic mass is 15.6. The molecule has 1 aliphatic heterocycles. The van der Waals surface area contributed by atoms with Crippen LogP contribution in [0.3, 0.4) is 0 Å². The van der Waals surface area contributed by atoms with E-state index in [0.29, 0.717) is 0 Å². The minimum absolute atomic E-state index is 0.249. The summed E-state index contributed by atoms with van der Waals surface area (Å²) in [6.07, 6.45) is 5.62. The van der Waals surface area contributed by atoms with Crippen molar-refractivity contribution < 1.29 is 0 Å². The molecule has 0 radical (unpaired) electrons. The van der Waals surface area contributed by atoms with Crippen molar-refractivity contribution in [1.82, 2.24) is 10.0 Å². The quantitative estimate of drug-likeness (QED) is 0.624. The fraction of sp³-hybridized carbons (Fsp3) is 0.800. The smallest absolute Gasteiger partial charge is 0.0385 e. The van der Waals surface area contributed by atoms with E-state index in [1.54, 1.807) is 0 Å². The lowest BCUT2D eigenvalue weighted by Crippen LogP contribution is -2.48. The molecule has 0 spiro atoms. The van der Waals surface area contributed by atoms with Crippen LogP contribution in [0.25, 0.3) is 0 Å². The van der Waals surface area contributed by atoms with Gasteiger partial charge in [-0.05, 0) is 27.2 Å². The molecule has 2 nitrogen and oxygen atoms in total. The predicted molar refractivity (Wildman–Crippen MR) is 52.6 cm³/mol. The summed E-state index contributed by atoms with van der Waals surface area (Å²) < 4.78 is 0. The molecule has 0 atom stereocenters. The van der Waals surface area contributed by atoms with E-state index >= 15 is 0 Å². The molecule has 0 aliphatic carbocycles. The first-order chi connectivity index (χ1) is 5.55. The molecule has 0 aromatic rings. The van der Waals surface area contributed by atoms with Crippen molar-refractivity contribution in [2.24, 2.45) is 0 Å². The summed E-state index contributed by atoms with van der Waals surface area (Å²) in [7, 11) is 0. The molecular formula is C10H20N2. The van der Waals surface area contributed by atoms with Crippen LogP contribution in [-0.4, -0.2) is 28.6 Å². The molecule has 0 bridgehead atoms. The van der Waals surface area contributed by atoms with E-state index in [0.717, 1.165) is 13.1 Å². The largest absolute Gasteiger partial charge is 0.313 e. The van der Waals surface area contributed by atoms with Crippen LogP contribution < -0.4 is 0 Å². The van der Waals surface area contributed by atoms with Gasteiger partial charge in [0.1, 0.15) is 0 Å². The summed E-state index contributed by atoms with van der Waals surface area (Å²) in [5.74, 6) is 0. The molecule has 0 N–H and O–H groups in total. The molecule has 0 fully saturated rings. The summed E-state index contributed by atoms with van der Waals surface area (Å²) in [5.41, 5.74) is 0.249. The van der Waals surface area contributed by atoms with Crippen molar-refractivity contribution in [2.75, 3.05) is 13.1 Å². The van der Waals surface area contributed by atoms with E-state index in [1.807, 2.05) is 0 Å². The van der Waals surface area contributed by atoms with E-state index in [-0.39, 0.29) is 5.54 Å². The number of hydrazine groups is 1. The third-order valence-electron chi connectivity index (χ3n) is 2.09. The molecule has 0 amide bonds. The lowest BCUT2D eigenvalue weighted by Gasteiger charge is -2.39. The zero-order chi connectivity index (χ0) is 9.19. The van der Waals surface area contributed by atoms with Gasteiger partial charge in [0.15, 0.2) is 0 Å². The van der Waals surface area contributed by atoms with Crippen molar-refractivity contribution >= 4 is 0 Å². The molecule has 0 aromatic carbocycles. The summed E-state index contributed by atoms with van der Waals surface area (Å²) in [5, 5.41) is 4.72. The Morgan fingerprint density at radius 2 is 2.00 bits per heavy atom. The normalized spacial score (nSPS) is 19.2.